The molecule has 4 rings (SSSR count). The molecule has 0 radical (unpaired) electrons. The van der Waals surface area contributed by atoms with Crippen molar-refractivity contribution in [3.05, 3.63) is 75.6 Å². The fourth-order valence-corrected chi connectivity index (χ4v) is 5.57. The van der Waals surface area contributed by atoms with Crippen molar-refractivity contribution in [3.63, 3.8) is 0 Å². The monoisotopic (exact) mass is 517 g/mol. The number of fused-ring (bicyclic) bond motifs is 1. The fraction of sp³-hybridized carbons (Fsp3) is 0.136. The highest BCUT2D eigenvalue weighted by Crippen LogP contribution is 2.25. The molecule has 0 aliphatic carbocycles. The molecule has 12 heteroatoms. The molecule has 0 aliphatic heterocycles. The van der Waals surface area contributed by atoms with Crippen LogP contribution in [-0.2, 0) is 10.0 Å². The first-order valence-corrected chi connectivity index (χ1v) is 12.9. The van der Waals surface area contributed by atoms with E-state index in [9.17, 15) is 18.0 Å². The van der Waals surface area contributed by atoms with Gasteiger partial charge in [0.05, 0.1) is 16.2 Å². The van der Waals surface area contributed by atoms with E-state index in [1.165, 1.54) is 29.0 Å². The zero-order chi connectivity index (χ0) is 24.3. The first-order valence-electron chi connectivity index (χ1n) is 10.2. The molecule has 3 heterocycles. The Hall–Kier alpha value is -3.41. The molecule has 0 atom stereocenters. The quantitative estimate of drug-likeness (QED) is 0.333. The molecule has 9 nitrogen and oxygen atoms in total. The smallest absolute Gasteiger partial charge is 0.333 e. The number of pyridine rings is 2. The number of sulfonamides is 1. The molecule has 0 saturated heterocycles. The van der Waals surface area contributed by atoms with Gasteiger partial charge in [-0.05, 0) is 60.3 Å². The van der Waals surface area contributed by atoms with Crippen molar-refractivity contribution < 1.29 is 13.2 Å². The molecule has 0 aliphatic rings. The summed E-state index contributed by atoms with van der Waals surface area (Å²) in [5, 5.41) is 7.06. The van der Waals surface area contributed by atoms with Crippen molar-refractivity contribution in [2.45, 2.75) is 17.6 Å². The third-order valence-electron chi connectivity index (χ3n) is 4.78. The van der Waals surface area contributed by atoms with Crippen LogP contribution in [0.2, 0.25) is 4.34 Å². The van der Waals surface area contributed by atoms with Gasteiger partial charge in [-0.3, -0.25) is 9.36 Å². The van der Waals surface area contributed by atoms with Gasteiger partial charge < -0.3 is 10.6 Å². The number of carbonyl (C=O) groups excluding carboxylic acids is 1. The summed E-state index contributed by atoms with van der Waals surface area (Å²) in [6.07, 6.45) is 3.96. The van der Waals surface area contributed by atoms with Crippen LogP contribution in [-0.4, -0.2) is 30.5 Å². The molecular formula is C22H20ClN5O4S2. The van der Waals surface area contributed by atoms with Crippen LogP contribution in [0.25, 0.3) is 16.6 Å². The number of rotatable bonds is 7. The summed E-state index contributed by atoms with van der Waals surface area (Å²) in [5.74, 6) is 0.354. The maximum absolute atomic E-state index is 13.0. The van der Waals surface area contributed by atoms with Crippen molar-refractivity contribution in [2.75, 3.05) is 17.2 Å². The molecule has 34 heavy (non-hydrogen) atoms. The number of aromatic nitrogens is 2. The molecule has 0 unspecified atom stereocenters. The van der Waals surface area contributed by atoms with Crippen molar-refractivity contribution in [1.29, 1.82) is 0 Å². The van der Waals surface area contributed by atoms with Crippen LogP contribution in [0.15, 0.2) is 69.9 Å². The maximum Gasteiger partial charge on any atom is 0.333 e. The Morgan fingerprint density at radius 1 is 1.12 bits per heavy atom. The Bertz CT molecular complexity index is 1510. The summed E-state index contributed by atoms with van der Waals surface area (Å²) in [5.41, 5.74) is 0.967. The topological polar surface area (TPSA) is 122 Å². The van der Waals surface area contributed by atoms with Crippen LogP contribution in [0.3, 0.4) is 0 Å². The molecule has 176 valence electrons. The van der Waals surface area contributed by atoms with Crippen LogP contribution in [0.1, 0.15) is 13.3 Å². The minimum atomic E-state index is -4.04. The second kappa shape index (κ2) is 9.84. The molecule has 0 spiro atoms. The highest BCUT2D eigenvalue weighted by Gasteiger charge is 2.20. The minimum Gasteiger partial charge on any atom is -0.385 e. The second-order valence-corrected chi connectivity index (χ2v) is 10.9. The number of nitrogens with one attached hydrogen (secondary N) is 3. The molecule has 2 amide bonds. The lowest BCUT2D eigenvalue weighted by Gasteiger charge is -2.10. The van der Waals surface area contributed by atoms with Gasteiger partial charge in [-0.1, -0.05) is 18.5 Å². The number of benzene rings is 1. The van der Waals surface area contributed by atoms with Gasteiger partial charge in [0.15, 0.2) is 0 Å². The number of nitrogens with zero attached hydrogens (tertiary/aromatic N) is 2. The van der Waals surface area contributed by atoms with E-state index >= 15 is 0 Å². The Morgan fingerprint density at radius 3 is 2.59 bits per heavy atom. The van der Waals surface area contributed by atoms with E-state index in [1.807, 2.05) is 22.9 Å². The first kappa shape index (κ1) is 23.7. The number of carbonyl (C=O) groups is 1. The maximum atomic E-state index is 13.0. The largest absolute Gasteiger partial charge is 0.385 e. The second-order valence-electron chi connectivity index (χ2n) is 7.24. The van der Waals surface area contributed by atoms with Gasteiger partial charge in [-0.25, -0.2) is 22.9 Å². The summed E-state index contributed by atoms with van der Waals surface area (Å²) in [6.45, 7) is 2.93. The van der Waals surface area contributed by atoms with Gasteiger partial charge in [-0.2, -0.15) is 0 Å². The zero-order valence-corrected chi connectivity index (χ0v) is 20.3. The van der Waals surface area contributed by atoms with Gasteiger partial charge in [-0.15, -0.1) is 11.3 Å². The molecule has 0 saturated carbocycles. The minimum absolute atomic E-state index is 0.0786. The Balaban J connectivity index is 1.49. The average molecular weight is 518 g/mol. The van der Waals surface area contributed by atoms with Crippen molar-refractivity contribution >= 4 is 61.1 Å². The molecule has 0 bridgehead atoms. The van der Waals surface area contributed by atoms with Gasteiger partial charge in [0.1, 0.15) is 10.0 Å². The van der Waals surface area contributed by atoms with Crippen LogP contribution in [0.4, 0.5) is 16.2 Å². The van der Waals surface area contributed by atoms with E-state index in [4.69, 9.17) is 11.6 Å². The van der Waals surface area contributed by atoms with Gasteiger partial charge in [0, 0.05) is 23.8 Å². The molecular weight excluding hydrogens is 498 g/mol. The zero-order valence-electron chi connectivity index (χ0n) is 17.9. The normalized spacial score (nSPS) is 11.4. The standard InChI is InChI=1S/C22H20ClN5O4S2/c1-2-10-24-15-3-5-17-14(12-15)9-11-28(21(17)29)19-7-4-16(13-25-19)26-22(30)27-34(31,32)20-8-6-18(23)33-20/h3-9,11-13,24H,2,10H2,1H3,(H2,26,27,30). The van der Waals surface area contributed by atoms with Gasteiger partial charge in [0.25, 0.3) is 15.6 Å². The van der Waals surface area contributed by atoms with Crippen LogP contribution in [0, 0.1) is 0 Å². The first-order chi connectivity index (χ1) is 16.3. The number of thiophene rings is 1. The predicted octanol–water partition coefficient (Wildman–Crippen LogP) is 4.43. The molecule has 4 aromatic rings. The van der Waals surface area contributed by atoms with E-state index in [1.54, 1.807) is 18.3 Å². The molecule has 3 N–H and O–H groups in total. The Kier molecular flexibility index (Phi) is 6.87. The number of urea groups is 1. The number of hydrogen-bond acceptors (Lipinski definition) is 7. The van der Waals surface area contributed by atoms with Crippen LogP contribution < -0.4 is 20.9 Å². The molecule has 1 aromatic carbocycles. The summed E-state index contributed by atoms with van der Waals surface area (Å²) >= 11 is 6.59. The lowest BCUT2D eigenvalue weighted by atomic mass is 10.1. The predicted molar refractivity (Wildman–Crippen MR) is 135 cm³/mol. The highest BCUT2D eigenvalue weighted by atomic mass is 35.5. The van der Waals surface area contributed by atoms with Crippen molar-refractivity contribution in [3.8, 4) is 5.82 Å². The number of hydrogen-bond donors (Lipinski definition) is 3. The molecule has 3 aromatic heterocycles. The highest BCUT2D eigenvalue weighted by molar-refractivity contribution is 7.92. The van der Waals surface area contributed by atoms with Crippen LogP contribution >= 0.6 is 22.9 Å². The summed E-state index contributed by atoms with van der Waals surface area (Å²) in [7, 11) is -4.04. The fourth-order valence-electron chi connectivity index (χ4n) is 3.18. The van der Waals surface area contributed by atoms with E-state index < -0.39 is 16.1 Å². The summed E-state index contributed by atoms with van der Waals surface area (Å²) in [6, 6.07) is 12.2. The lowest BCUT2D eigenvalue weighted by Crippen LogP contribution is -2.34. The summed E-state index contributed by atoms with van der Waals surface area (Å²) in [4.78, 5) is 29.3. The lowest BCUT2D eigenvalue weighted by molar-refractivity contribution is 0.256. The SMILES string of the molecule is CCCNc1ccc2c(=O)n(-c3ccc(NC(=O)NS(=O)(=O)c4ccc(Cl)s4)cn3)ccc2c1. The average Bonchev–Trinajstić information content (AvgIpc) is 3.25. The third kappa shape index (κ3) is 5.22. The number of amides is 2. The Labute approximate surface area is 204 Å². The van der Waals surface area contributed by atoms with Gasteiger partial charge >= 0.3 is 6.03 Å². The van der Waals surface area contributed by atoms with Crippen molar-refractivity contribution in [1.82, 2.24) is 14.3 Å². The van der Waals surface area contributed by atoms with E-state index in [-0.39, 0.29) is 19.8 Å². The van der Waals surface area contributed by atoms with Crippen molar-refractivity contribution in [2.24, 2.45) is 0 Å². The van der Waals surface area contributed by atoms with E-state index in [2.05, 4.69) is 22.5 Å². The Morgan fingerprint density at radius 2 is 1.91 bits per heavy atom. The number of anilines is 2. The number of halogens is 1. The van der Waals surface area contributed by atoms with Crippen LogP contribution in [0.5, 0.6) is 0 Å². The van der Waals surface area contributed by atoms with E-state index in [0.29, 0.717) is 11.2 Å². The summed E-state index contributed by atoms with van der Waals surface area (Å²) < 4.78 is 28.0. The third-order valence-corrected chi connectivity index (χ3v) is 7.83. The van der Waals surface area contributed by atoms with Gasteiger partial charge in [0.2, 0.25) is 0 Å². The van der Waals surface area contributed by atoms with E-state index in [0.717, 1.165) is 35.4 Å². The molecule has 0 fully saturated rings.